The first-order chi connectivity index (χ1) is 13.8. The van der Waals surface area contributed by atoms with Crippen molar-refractivity contribution in [2.45, 2.75) is 26.0 Å². The van der Waals surface area contributed by atoms with Crippen molar-refractivity contribution in [3.63, 3.8) is 0 Å². The predicted molar refractivity (Wildman–Crippen MR) is 109 cm³/mol. The zero-order valence-electron chi connectivity index (χ0n) is 15.8. The summed E-state index contributed by atoms with van der Waals surface area (Å²) in [7, 11) is 0. The number of halogens is 1. The first-order valence-electron chi connectivity index (χ1n) is 8.90. The van der Waals surface area contributed by atoms with E-state index in [-0.39, 0.29) is 23.5 Å². The molecule has 1 heterocycles. The molecule has 0 aliphatic rings. The highest BCUT2D eigenvalue weighted by atomic mass is 32.1. The van der Waals surface area contributed by atoms with E-state index < -0.39 is 11.0 Å². The Morgan fingerprint density at radius 1 is 1.17 bits per heavy atom. The first kappa shape index (κ1) is 20.5. The van der Waals surface area contributed by atoms with E-state index in [1.807, 2.05) is 17.5 Å². The molecule has 2 aromatic carbocycles. The Balaban J connectivity index is 1.75. The number of rotatable bonds is 7. The van der Waals surface area contributed by atoms with Gasteiger partial charge in [0.1, 0.15) is 11.6 Å². The van der Waals surface area contributed by atoms with Gasteiger partial charge in [0.25, 0.3) is 11.6 Å². The second-order valence-corrected chi connectivity index (χ2v) is 7.40. The quantitative estimate of drug-likeness (QED) is 0.430. The van der Waals surface area contributed by atoms with Crippen molar-refractivity contribution < 1.29 is 18.8 Å². The molecule has 150 valence electrons. The first-order valence-corrected chi connectivity index (χ1v) is 9.78. The summed E-state index contributed by atoms with van der Waals surface area (Å²) < 4.78 is 18.9. The van der Waals surface area contributed by atoms with E-state index in [1.54, 1.807) is 26.0 Å². The number of nitro benzene ring substituents is 1. The highest BCUT2D eigenvalue weighted by Crippen LogP contribution is 2.36. The number of nitro groups is 1. The third-order valence-electron chi connectivity index (χ3n) is 4.36. The van der Waals surface area contributed by atoms with E-state index >= 15 is 0 Å². The van der Waals surface area contributed by atoms with Crippen LogP contribution in [0, 0.1) is 15.9 Å². The summed E-state index contributed by atoms with van der Waals surface area (Å²) in [6.45, 7) is 3.40. The van der Waals surface area contributed by atoms with Gasteiger partial charge in [0.2, 0.25) is 0 Å². The lowest BCUT2D eigenvalue weighted by atomic mass is 10.1. The molecule has 0 fully saturated rings. The maximum Gasteiger partial charge on any atom is 0.270 e. The van der Waals surface area contributed by atoms with Crippen molar-refractivity contribution >= 4 is 22.9 Å². The van der Waals surface area contributed by atoms with Crippen LogP contribution in [0.25, 0.3) is 10.4 Å². The van der Waals surface area contributed by atoms with Crippen LogP contribution >= 0.6 is 11.3 Å². The van der Waals surface area contributed by atoms with Gasteiger partial charge in [-0.3, -0.25) is 14.9 Å². The fourth-order valence-corrected chi connectivity index (χ4v) is 3.52. The van der Waals surface area contributed by atoms with Gasteiger partial charge in [0.15, 0.2) is 6.10 Å². The van der Waals surface area contributed by atoms with Crippen LogP contribution in [0.5, 0.6) is 5.75 Å². The predicted octanol–water partition coefficient (Wildman–Crippen LogP) is 5.11. The maximum absolute atomic E-state index is 13.1. The summed E-state index contributed by atoms with van der Waals surface area (Å²) in [6.07, 6.45) is -0.835. The molecule has 8 heteroatoms. The number of amides is 1. The van der Waals surface area contributed by atoms with Crippen molar-refractivity contribution in [1.82, 2.24) is 5.32 Å². The van der Waals surface area contributed by atoms with Gasteiger partial charge in [0.05, 0.1) is 11.0 Å². The van der Waals surface area contributed by atoms with E-state index in [0.717, 1.165) is 10.4 Å². The molecule has 1 amide bonds. The second kappa shape index (κ2) is 8.83. The van der Waals surface area contributed by atoms with E-state index in [0.29, 0.717) is 11.3 Å². The van der Waals surface area contributed by atoms with Gasteiger partial charge in [-0.25, -0.2) is 4.39 Å². The molecule has 3 rings (SSSR count). The summed E-state index contributed by atoms with van der Waals surface area (Å²) in [4.78, 5) is 24.0. The minimum Gasteiger partial charge on any atom is -0.480 e. The number of thiophene rings is 1. The molecule has 0 spiro atoms. The maximum atomic E-state index is 13.1. The number of nitrogens with zero attached hydrogens (tertiary/aromatic N) is 1. The number of carbonyl (C=O) groups excluding carboxylic acids is 1. The Labute approximate surface area is 171 Å². The molecule has 0 saturated heterocycles. The standard InChI is InChI=1S/C21H19FN2O4S/c1-13(15-5-7-16(22)8-6-15)23-21(25)14(2)28-19-10-9-17(24(26)27)12-18(19)20-4-3-11-29-20/h3-14H,1-2H3,(H,23,25)/t13-,14-/m0/s1. The van der Waals surface area contributed by atoms with Gasteiger partial charge in [-0.1, -0.05) is 18.2 Å². The molecule has 3 aromatic rings. The van der Waals surface area contributed by atoms with Gasteiger partial charge in [-0.2, -0.15) is 0 Å². The minimum atomic E-state index is -0.835. The lowest BCUT2D eigenvalue weighted by Gasteiger charge is -2.20. The second-order valence-electron chi connectivity index (χ2n) is 6.46. The molecular weight excluding hydrogens is 395 g/mol. The third kappa shape index (κ3) is 4.97. The van der Waals surface area contributed by atoms with Crippen molar-refractivity contribution in [2.75, 3.05) is 0 Å². The van der Waals surface area contributed by atoms with E-state index in [1.165, 1.54) is 41.7 Å². The Hall–Kier alpha value is -3.26. The van der Waals surface area contributed by atoms with Gasteiger partial charge in [0, 0.05) is 22.6 Å². The van der Waals surface area contributed by atoms with Crippen molar-refractivity contribution in [1.29, 1.82) is 0 Å². The average Bonchev–Trinajstić information content (AvgIpc) is 3.23. The summed E-state index contributed by atoms with van der Waals surface area (Å²) >= 11 is 1.42. The van der Waals surface area contributed by atoms with Crippen molar-refractivity contribution in [3.05, 3.63) is 81.5 Å². The molecule has 0 bridgehead atoms. The summed E-state index contributed by atoms with van der Waals surface area (Å²) in [5.41, 5.74) is 1.27. The van der Waals surface area contributed by atoms with Gasteiger partial charge < -0.3 is 10.1 Å². The fourth-order valence-electron chi connectivity index (χ4n) is 2.77. The number of nitrogens with one attached hydrogen (secondary N) is 1. The Morgan fingerprint density at radius 3 is 2.52 bits per heavy atom. The third-order valence-corrected chi connectivity index (χ3v) is 5.27. The normalized spacial score (nSPS) is 12.8. The van der Waals surface area contributed by atoms with E-state index in [2.05, 4.69) is 5.32 Å². The Bertz CT molecular complexity index is 1010. The summed E-state index contributed by atoms with van der Waals surface area (Å²) in [6, 6.07) is 13.5. The van der Waals surface area contributed by atoms with Crippen molar-refractivity contribution in [3.8, 4) is 16.2 Å². The van der Waals surface area contributed by atoms with Gasteiger partial charge in [-0.05, 0) is 49.1 Å². The van der Waals surface area contributed by atoms with Crippen LogP contribution in [0.4, 0.5) is 10.1 Å². The molecule has 0 aliphatic heterocycles. The van der Waals surface area contributed by atoms with E-state index in [4.69, 9.17) is 4.74 Å². The van der Waals surface area contributed by atoms with E-state index in [9.17, 15) is 19.3 Å². The number of carbonyl (C=O) groups is 1. The molecule has 0 radical (unpaired) electrons. The average molecular weight is 414 g/mol. The van der Waals surface area contributed by atoms with Crippen LogP contribution in [-0.2, 0) is 4.79 Å². The summed E-state index contributed by atoms with van der Waals surface area (Å²) in [5.74, 6) is -0.310. The number of hydrogen-bond acceptors (Lipinski definition) is 5. The van der Waals surface area contributed by atoms with Gasteiger partial charge >= 0.3 is 0 Å². The number of benzene rings is 2. The number of non-ortho nitro benzene ring substituents is 1. The molecule has 1 aromatic heterocycles. The fraction of sp³-hybridized carbons (Fsp3) is 0.190. The topological polar surface area (TPSA) is 81.5 Å². The molecule has 0 aliphatic carbocycles. The molecule has 1 N–H and O–H groups in total. The Kier molecular flexibility index (Phi) is 6.23. The van der Waals surface area contributed by atoms with Crippen LogP contribution in [0.1, 0.15) is 25.5 Å². The molecule has 0 saturated carbocycles. The lowest BCUT2D eigenvalue weighted by molar-refractivity contribution is -0.384. The molecule has 6 nitrogen and oxygen atoms in total. The zero-order valence-corrected chi connectivity index (χ0v) is 16.6. The molecule has 0 unspecified atom stereocenters. The SMILES string of the molecule is C[C@H](Oc1ccc([N+](=O)[O-])cc1-c1cccs1)C(=O)N[C@@H](C)c1ccc(F)cc1. The number of ether oxygens (including phenoxy) is 1. The largest absolute Gasteiger partial charge is 0.480 e. The smallest absolute Gasteiger partial charge is 0.270 e. The van der Waals surface area contributed by atoms with Crippen LogP contribution < -0.4 is 10.1 Å². The van der Waals surface area contributed by atoms with Crippen LogP contribution in [0.2, 0.25) is 0 Å². The van der Waals surface area contributed by atoms with Crippen LogP contribution in [0.3, 0.4) is 0 Å². The number of hydrogen-bond donors (Lipinski definition) is 1. The van der Waals surface area contributed by atoms with Crippen LogP contribution in [0.15, 0.2) is 60.0 Å². The molecule has 29 heavy (non-hydrogen) atoms. The zero-order chi connectivity index (χ0) is 21.0. The van der Waals surface area contributed by atoms with Crippen molar-refractivity contribution in [2.24, 2.45) is 0 Å². The lowest BCUT2D eigenvalue weighted by Crippen LogP contribution is -2.37. The highest BCUT2D eigenvalue weighted by Gasteiger charge is 2.21. The van der Waals surface area contributed by atoms with Gasteiger partial charge in [-0.15, -0.1) is 11.3 Å². The minimum absolute atomic E-state index is 0.0530. The monoisotopic (exact) mass is 414 g/mol. The molecular formula is C21H19FN2O4S. The highest BCUT2D eigenvalue weighted by molar-refractivity contribution is 7.13. The molecule has 2 atom stereocenters. The Morgan fingerprint density at radius 2 is 1.90 bits per heavy atom. The van der Waals surface area contributed by atoms with Crippen LogP contribution in [-0.4, -0.2) is 16.9 Å². The summed E-state index contributed by atoms with van der Waals surface area (Å²) in [5, 5.41) is 15.8.